The number of likely N-dealkylation sites (tertiary alicyclic amines) is 1. The van der Waals surface area contributed by atoms with Crippen molar-refractivity contribution in [1.29, 1.82) is 0 Å². The molecule has 46 heavy (non-hydrogen) atoms. The predicted molar refractivity (Wildman–Crippen MR) is 173 cm³/mol. The zero-order valence-electron chi connectivity index (χ0n) is 27.1. The molecule has 0 bridgehead atoms. The van der Waals surface area contributed by atoms with E-state index < -0.39 is 11.7 Å². The van der Waals surface area contributed by atoms with Crippen molar-refractivity contribution in [3.05, 3.63) is 78.8 Å². The quantitative estimate of drug-likeness (QED) is 0.344. The Morgan fingerprint density at radius 2 is 1.91 bits per heavy atom. The Kier molecular flexibility index (Phi) is 6.87. The number of aliphatic hydroxyl groups is 2. The van der Waals surface area contributed by atoms with Crippen molar-refractivity contribution in [2.45, 2.75) is 76.3 Å². The molecule has 3 N–H and O–H groups in total. The number of nitrogens with one attached hydrogen (secondary N) is 1. The average molecular weight is 626 g/mol. The number of ether oxygens (including phenoxy) is 1. The minimum Gasteiger partial charge on any atom is -0.444 e. The van der Waals surface area contributed by atoms with Gasteiger partial charge in [0.15, 0.2) is 5.69 Å². The molecule has 0 spiro atoms. The number of aliphatic hydroxyl groups excluding tert-OH is 2. The number of carbonyl (C=O) groups excluding carboxylic acids is 1. The Labute approximate surface area is 270 Å². The molecule has 5 aliphatic rings. The molecule has 8 rings (SSSR count). The summed E-state index contributed by atoms with van der Waals surface area (Å²) in [4.78, 5) is 18.6. The van der Waals surface area contributed by atoms with Gasteiger partial charge in [0.1, 0.15) is 23.5 Å². The summed E-state index contributed by atoms with van der Waals surface area (Å²) in [5, 5.41) is 25.8. The highest BCUT2D eigenvalue weighted by Crippen LogP contribution is 2.57. The molecule has 1 amide bonds. The second-order valence-electron chi connectivity index (χ2n) is 15.2. The van der Waals surface area contributed by atoms with Crippen LogP contribution in [0, 0.1) is 17.3 Å². The Morgan fingerprint density at radius 1 is 1.15 bits per heavy atom. The third-order valence-corrected chi connectivity index (χ3v) is 11.1. The molecule has 10 nitrogen and oxygen atoms in total. The topological polar surface area (TPSA) is 109 Å². The van der Waals surface area contributed by atoms with Crippen molar-refractivity contribution < 1.29 is 24.3 Å². The highest BCUT2D eigenvalue weighted by molar-refractivity contribution is 5.69. The first kappa shape index (κ1) is 29.7. The first-order valence-corrected chi connectivity index (χ1v) is 16.7. The molecule has 6 heterocycles. The minimum atomic E-state index is -0.549. The van der Waals surface area contributed by atoms with Crippen molar-refractivity contribution in [3.8, 4) is 11.3 Å². The van der Waals surface area contributed by atoms with E-state index in [0.717, 1.165) is 24.5 Å². The van der Waals surface area contributed by atoms with Crippen molar-refractivity contribution >= 4 is 11.8 Å². The molecule has 1 aromatic carbocycles. The number of aromatic nitrogens is 4. The van der Waals surface area contributed by atoms with E-state index in [-0.39, 0.29) is 41.5 Å². The summed E-state index contributed by atoms with van der Waals surface area (Å²) in [5.74, 6) is 0.510. The van der Waals surface area contributed by atoms with Crippen LogP contribution in [0.15, 0.2) is 67.5 Å². The first-order chi connectivity index (χ1) is 22.0. The molecule has 3 aromatic rings. The largest absolute Gasteiger partial charge is 0.444 e. The molecule has 2 fully saturated rings. The van der Waals surface area contributed by atoms with Crippen molar-refractivity contribution in [2.75, 3.05) is 26.2 Å². The van der Waals surface area contributed by atoms with Crippen LogP contribution in [-0.2, 0) is 4.74 Å². The molecule has 2 saturated heterocycles. The number of amides is 1. The number of fused-ring (bicyclic) bond motifs is 6. The van der Waals surface area contributed by atoms with Gasteiger partial charge in [-0.15, -0.1) is 0 Å². The highest BCUT2D eigenvalue weighted by atomic mass is 16.6. The van der Waals surface area contributed by atoms with Gasteiger partial charge in [-0.05, 0) is 39.3 Å². The second-order valence-corrected chi connectivity index (χ2v) is 15.2. The van der Waals surface area contributed by atoms with Crippen LogP contribution in [0.4, 0.5) is 4.79 Å². The van der Waals surface area contributed by atoms with E-state index in [2.05, 4.69) is 85.9 Å². The van der Waals surface area contributed by atoms with Gasteiger partial charge in [0.2, 0.25) is 6.33 Å². The monoisotopic (exact) mass is 625 g/mol. The van der Waals surface area contributed by atoms with Crippen LogP contribution in [0.5, 0.6) is 0 Å². The lowest BCUT2D eigenvalue weighted by molar-refractivity contribution is -0.699. The normalized spacial score (nSPS) is 28.0. The van der Waals surface area contributed by atoms with Gasteiger partial charge >= 0.3 is 6.09 Å². The summed E-state index contributed by atoms with van der Waals surface area (Å²) in [6.45, 7) is 10.7. The van der Waals surface area contributed by atoms with Crippen LogP contribution in [-0.4, -0.2) is 79.3 Å². The highest BCUT2D eigenvalue weighted by Gasteiger charge is 2.51. The standard InChI is InChI=1S/C36H45N6O4/c1-35(2,3)46-34(45)39-17-23(18-39)31(43)11-28-25-7-5-6-8-26(25)30-19-40(21-42(28)30)24-9-10-27-29-16-38-20-41(29)33(36(27,4)13-24)12-32(44)22-14-37-15-22/h5-10,13,16,19-23,27-28,31-33,37,43-44H,11-12,14-15,17-18H2,1-4H3/q+1. The van der Waals surface area contributed by atoms with Crippen molar-refractivity contribution in [1.82, 2.24) is 24.3 Å². The molecule has 1 aliphatic carbocycles. The van der Waals surface area contributed by atoms with Gasteiger partial charge in [0, 0.05) is 84.8 Å². The number of rotatable bonds is 7. The lowest BCUT2D eigenvalue weighted by atomic mass is 9.68. The summed E-state index contributed by atoms with van der Waals surface area (Å²) in [6, 6.07) is 8.57. The van der Waals surface area contributed by atoms with Crippen LogP contribution in [0.2, 0.25) is 0 Å². The van der Waals surface area contributed by atoms with E-state index in [9.17, 15) is 15.0 Å². The summed E-state index contributed by atoms with van der Waals surface area (Å²) in [5.41, 5.74) is 5.09. The molecule has 10 heteroatoms. The maximum absolute atomic E-state index is 12.5. The number of hydrogen-bond acceptors (Lipinski definition) is 6. The van der Waals surface area contributed by atoms with E-state index in [1.165, 1.54) is 16.8 Å². The van der Waals surface area contributed by atoms with E-state index in [1.54, 1.807) is 4.90 Å². The van der Waals surface area contributed by atoms with Gasteiger partial charge in [-0.3, -0.25) is 0 Å². The van der Waals surface area contributed by atoms with E-state index in [0.29, 0.717) is 31.8 Å². The minimum absolute atomic E-state index is 0.00757. The Bertz CT molecular complexity index is 1720. The second kappa shape index (κ2) is 10.7. The fourth-order valence-electron chi connectivity index (χ4n) is 8.32. The molecular formula is C36H45N6O4+. The first-order valence-electron chi connectivity index (χ1n) is 16.7. The van der Waals surface area contributed by atoms with Gasteiger partial charge in [-0.25, -0.2) is 18.9 Å². The number of carbonyl (C=O) groups is 1. The number of hydrogen-bond donors (Lipinski definition) is 3. The third-order valence-electron chi connectivity index (χ3n) is 11.1. The maximum atomic E-state index is 12.5. The molecule has 4 aliphatic heterocycles. The summed E-state index contributed by atoms with van der Waals surface area (Å²) in [6.07, 6.45) is 15.2. The summed E-state index contributed by atoms with van der Waals surface area (Å²) in [7, 11) is 0. The van der Waals surface area contributed by atoms with E-state index in [4.69, 9.17) is 4.74 Å². The average Bonchev–Trinajstić information content (AvgIpc) is 3.68. The lowest BCUT2D eigenvalue weighted by Crippen LogP contribution is -2.56. The fourth-order valence-corrected chi connectivity index (χ4v) is 8.32. The van der Waals surface area contributed by atoms with E-state index >= 15 is 0 Å². The Balaban J connectivity index is 1.05. The van der Waals surface area contributed by atoms with Gasteiger partial charge in [0.05, 0.1) is 18.5 Å². The molecule has 242 valence electrons. The maximum Gasteiger partial charge on any atom is 0.410 e. The number of nitrogens with zero attached hydrogens (tertiary/aromatic N) is 5. The van der Waals surface area contributed by atoms with Gasteiger partial charge in [-0.1, -0.05) is 37.3 Å². The number of imidazole rings is 2. The molecule has 0 radical (unpaired) electrons. The zero-order chi connectivity index (χ0) is 32.0. The van der Waals surface area contributed by atoms with Gasteiger partial charge in [0.25, 0.3) is 0 Å². The zero-order valence-corrected chi connectivity index (χ0v) is 27.1. The van der Waals surface area contributed by atoms with Crippen LogP contribution in [0.3, 0.4) is 0 Å². The fraction of sp³-hybridized carbons (Fsp3) is 0.528. The van der Waals surface area contributed by atoms with Crippen molar-refractivity contribution in [3.63, 3.8) is 0 Å². The van der Waals surface area contributed by atoms with Crippen LogP contribution < -0.4 is 9.88 Å². The molecule has 2 aromatic heterocycles. The summed E-state index contributed by atoms with van der Waals surface area (Å²) >= 11 is 0. The molecule has 6 atom stereocenters. The SMILES string of the molecule is CC(C)(C)OC(=O)N1CC(C(O)CC2c3ccccc3-c3cn(C4=CC5(C)C(C=C4)c4cncn4C5CC(O)C4CNC4)c[n+]32)C1. The van der Waals surface area contributed by atoms with Gasteiger partial charge < -0.3 is 29.7 Å². The van der Waals surface area contributed by atoms with Gasteiger partial charge in [-0.2, -0.15) is 0 Å². The van der Waals surface area contributed by atoms with Crippen LogP contribution >= 0.6 is 0 Å². The van der Waals surface area contributed by atoms with E-state index in [1.807, 2.05) is 33.3 Å². The van der Waals surface area contributed by atoms with Crippen LogP contribution in [0.1, 0.15) is 69.8 Å². The number of allylic oxidation sites excluding steroid dienone is 4. The lowest BCUT2D eigenvalue weighted by Gasteiger charge is -2.42. The smallest absolute Gasteiger partial charge is 0.410 e. The van der Waals surface area contributed by atoms with Crippen LogP contribution in [0.25, 0.3) is 17.0 Å². The molecular weight excluding hydrogens is 580 g/mol. The Hall–Kier alpha value is -3.73. The molecule has 0 saturated carbocycles. The Morgan fingerprint density at radius 3 is 2.65 bits per heavy atom. The third kappa shape index (κ3) is 4.76. The predicted octanol–water partition coefficient (Wildman–Crippen LogP) is 3.89. The summed E-state index contributed by atoms with van der Waals surface area (Å²) < 4.78 is 12.3. The van der Waals surface area contributed by atoms with Crippen molar-refractivity contribution in [2.24, 2.45) is 17.3 Å². The number of benzene rings is 1. The molecule has 6 unspecified atom stereocenters.